The molecule has 2 saturated heterocycles. The Morgan fingerprint density at radius 1 is 0.922 bits per heavy atom. The summed E-state index contributed by atoms with van der Waals surface area (Å²) < 4.78 is 43.2. The minimum atomic E-state index is -4.88. The number of fused-ring (bicyclic) bond motifs is 7. The lowest BCUT2D eigenvalue weighted by molar-refractivity contribution is -0.926. The van der Waals surface area contributed by atoms with Crippen LogP contribution in [0, 0.1) is 40.4 Å². The molecule has 0 aromatic heterocycles. The first-order valence-corrected chi connectivity index (χ1v) is 30.5. The molecular weight excluding hydrogens is 1000 g/mol. The molecule has 2 aliphatic heterocycles. The number of aliphatic hydroxyl groups excluding tert-OH is 2. The number of likely N-dealkylation sites (N-methyl/N-ethyl adjacent to an activating group) is 1. The summed E-state index contributed by atoms with van der Waals surface area (Å²) in [6.07, 6.45) is 17.3. The first kappa shape index (κ1) is 58.0. The molecule has 77 heavy (non-hydrogen) atoms. The van der Waals surface area contributed by atoms with Crippen LogP contribution in [0.4, 0.5) is 0 Å². The summed E-state index contributed by atoms with van der Waals surface area (Å²) in [5, 5.41) is 26.7. The molecule has 11 atom stereocenters. The number of esters is 1. The third kappa shape index (κ3) is 13.9. The molecule has 17 heteroatoms. The third-order valence-corrected chi connectivity index (χ3v) is 19.4. The number of nitrogens with zero attached hydrogens (tertiary/aromatic N) is 2. The number of aryl methyl sites for hydroxylation is 1. The Hall–Kier alpha value is -3.64. The molecule has 0 spiro atoms. The number of Topliss-reactive ketones (excluding diaryl/α,β-unsaturated/α-hetero) is 1. The predicted molar refractivity (Wildman–Crippen MR) is 290 cm³/mol. The molecular formula is C60H87N3O13P+. The Bertz CT molecular complexity index is 2450. The summed E-state index contributed by atoms with van der Waals surface area (Å²) >= 11 is 0. The van der Waals surface area contributed by atoms with Crippen LogP contribution in [0.2, 0.25) is 0 Å². The number of hydrogen-bond donors (Lipinski definition) is 5. The van der Waals surface area contributed by atoms with Crippen LogP contribution in [-0.4, -0.2) is 144 Å². The maximum atomic E-state index is 14.7. The van der Waals surface area contributed by atoms with Crippen molar-refractivity contribution in [3.8, 4) is 5.75 Å². The van der Waals surface area contributed by atoms with Gasteiger partial charge in [-0.3, -0.25) is 29.1 Å². The van der Waals surface area contributed by atoms with Crippen LogP contribution in [0.15, 0.2) is 72.3 Å². The molecule has 5 N–H and O–H groups in total. The largest absolute Gasteiger partial charge is 0.524 e. The van der Waals surface area contributed by atoms with E-state index in [4.69, 9.17) is 23.5 Å². The van der Waals surface area contributed by atoms with Gasteiger partial charge in [0, 0.05) is 55.7 Å². The number of ether oxygens (including phenoxy) is 4. The second kappa shape index (κ2) is 25.4. The van der Waals surface area contributed by atoms with Gasteiger partial charge in [-0.25, -0.2) is 4.57 Å². The van der Waals surface area contributed by atoms with E-state index in [1.807, 2.05) is 17.0 Å². The van der Waals surface area contributed by atoms with Crippen molar-refractivity contribution in [1.82, 2.24) is 10.2 Å². The maximum absolute atomic E-state index is 14.7. The number of unbranched alkanes of at least 4 members (excludes halogenated alkanes) is 4. The van der Waals surface area contributed by atoms with Crippen molar-refractivity contribution < 1.29 is 66.9 Å². The molecule has 6 unspecified atom stereocenters. The van der Waals surface area contributed by atoms with Crippen LogP contribution in [0.1, 0.15) is 127 Å². The van der Waals surface area contributed by atoms with Crippen molar-refractivity contribution in [3.63, 3.8) is 0 Å². The topological polar surface area (TPSA) is 211 Å². The van der Waals surface area contributed by atoms with Gasteiger partial charge in [-0.1, -0.05) is 94.0 Å². The number of aliphatic hydroxyl groups is 2. The molecule has 6 fully saturated rings. The zero-order chi connectivity index (χ0) is 54.4. The Morgan fingerprint density at radius 2 is 1.65 bits per heavy atom. The number of benzene rings is 2. The molecule has 2 aromatic carbocycles. The van der Waals surface area contributed by atoms with Crippen LogP contribution in [0.25, 0.3) is 0 Å². The van der Waals surface area contributed by atoms with Gasteiger partial charge in [0.25, 0.3) is 0 Å². The molecule has 7 aliphatic rings. The fourth-order valence-corrected chi connectivity index (χ4v) is 15.4. The van der Waals surface area contributed by atoms with Gasteiger partial charge in [-0.05, 0) is 123 Å². The van der Waals surface area contributed by atoms with Crippen LogP contribution < -0.4 is 9.84 Å². The zero-order valence-corrected chi connectivity index (χ0v) is 46.7. The van der Waals surface area contributed by atoms with E-state index < -0.39 is 61.7 Å². The Labute approximate surface area is 456 Å². The van der Waals surface area contributed by atoms with Gasteiger partial charge in [0.1, 0.15) is 18.9 Å². The highest BCUT2D eigenvalue weighted by atomic mass is 31.2. The highest BCUT2D eigenvalue weighted by Crippen LogP contribution is 2.68. The number of carbonyl (C=O) groups excluding carboxylic acids is 3. The zero-order valence-electron chi connectivity index (χ0n) is 45.8. The van der Waals surface area contributed by atoms with Crippen molar-refractivity contribution in [2.45, 2.75) is 147 Å². The van der Waals surface area contributed by atoms with Gasteiger partial charge in [-0.2, -0.15) is 0 Å². The van der Waals surface area contributed by atoms with Crippen LogP contribution in [0.5, 0.6) is 5.75 Å². The lowest BCUT2D eigenvalue weighted by Gasteiger charge is -2.59. The first-order chi connectivity index (χ1) is 36.9. The lowest BCUT2D eigenvalue weighted by atomic mass is 9.46. The highest BCUT2D eigenvalue weighted by molar-refractivity contribution is 7.46. The molecule has 16 nitrogen and oxygen atoms in total. The van der Waals surface area contributed by atoms with E-state index in [1.165, 1.54) is 18.1 Å². The monoisotopic (exact) mass is 1090 g/mol. The van der Waals surface area contributed by atoms with Gasteiger partial charge in [0.15, 0.2) is 17.9 Å². The Balaban J connectivity index is 0.742. The molecule has 0 bridgehead atoms. The van der Waals surface area contributed by atoms with Crippen molar-refractivity contribution in [1.29, 1.82) is 0 Å². The van der Waals surface area contributed by atoms with Gasteiger partial charge >= 0.3 is 13.8 Å². The van der Waals surface area contributed by atoms with Crippen LogP contribution >= 0.6 is 7.82 Å². The molecule has 0 amide bonds. The number of quaternary nitrogens is 1. The van der Waals surface area contributed by atoms with E-state index >= 15 is 0 Å². The normalized spacial score (nSPS) is 31.4. The van der Waals surface area contributed by atoms with E-state index in [2.05, 4.69) is 50.5 Å². The van der Waals surface area contributed by atoms with Gasteiger partial charge in [-0.15, -0.1) is 0 Å². The number of phosphoric acid groups is 1. The summed E-state index contributed by atoms with van der Waals surface area (Å²) in [5.74, 6) is -1.24. The number of allylic oxidation sites excluding steroid dienone is 4. The van der Waals surface area contributed by atoms with Gasteiger partial charge in [0.05, 0.1) is 57.0 Å². The molecule has 4 saturated carbocycles. The minimum absolute atomic E-state index is 0.00818. The summed E-state index contributed by atoms with van der Waals surface area (Å²) in [7, 11) is -2.83. The highest BCUT2D eigenvalue weighted by Gasteiger charge is 2.71. The van der Waals surface area contributed by atoms with Crippen molar-refractivity contribution in [3.05, 3.63) is 89.0 Å². The fraction of sp³-hybridized carbons (Fsp3) is 0.683. The first-order valence-electron chi connectivity index (χ1n) is 29.0. The maximum Gasteiger partial charge on any atom is 0.524 e. The van der Waals surface area contributed by atoms with Crippen molar-refractivity contribution in [2.24, 2.45) is 40.4 Å². The number of phosphoric ester groups is 1. The number of nitrogens with one attached hydrogen (secondary N) is 1. The summed E-state index contributed by atoms with van der Waals surface area (Å²) in [5.41, 5.74) is 2.46. The molecule has 424 valence electrons. The van der Waals surface area contributed by atoms with Gasteiger partial charge < -0.3 is 43.5 Å². The van der Waals surface area contributed by atoms with Gasteiger partial charge in [0.2, 0.25) is 0 Å². The summed E-state index contributed by atoms with van der Waals surface area (Å²) in [6.45, 7) is 9.10. The van der Waals surface area contributed by atoms with E-state index in [0.717, 1.165) is 109 Å². The van der Waals surface area contributed by atoms with Crippen LogP contribution in [-0.2, 0) is 50.9 Å². The van der Waals surface area contributed by atoms with E-state index in [-0.39, 0.29) is 53.6 Å². The lowest BCUT2D eigenvalue weighted by Crippen LogP contribution is -2.58. The van der Waals surface area contributed by atoms with E-state index in [9.17, 15) is 38.9 Å². The number of piperazine rings is 1. The standard InChI is InChI=1S/C60H86N3O13P/c1-59-26-25-46(64)35-45(59)22-23-47-53(59)48(65)36-60(2)54(47)56-57(75-58(74-56)42-19-10-7-11-20-42)55(60)50(67)40-73-52(68)38-62-28-30-63(3,31-29-62)39-44-34-43(21-24-51(44)76-77(69,70)71)49(66)37-61-27-13-4-5-14-32-72-33-15-12-18-41-16-8-6-9-17-41/h6,8-9,16-17,21,24-26,34-35,42,47-49,53-58,61,65-66H,4-5,7,10-15,18-20,22-23,27-33,36-40H2,1-3H3,(H-,69,70,71)/p+1/t47?,48?,49?,53?,54?,55-,56?,57+,58+,59-,60-/m0/s1. The second-order valence-electron chi connectivity index (χ2n) is 24.4. The summed E-state index contributed by atoms with van der Waals surface area (Å²) in [4.78, 5) is 62.4. The van der Waals surface area contributed by atoms with E-state index in [0.29, 0.717) is 61.3 Å². The second-order valence-corrected chi connectivity index (χ2v) is 25.6. The molecule has 5 aliphatic carbocycles. The molecule has 0 radical (unpaired) electrons. The molecule has 2 heterocycles. The van der Waals surface area contributed by atoms with E-state index in [1.54, 1.807) is 24.3 Å². The quantitative estimate of drug-likeness (QED) is 0.0281. The third-order valence-electron chi connectivity index (χ3n) is 18.9. The average Bonchev–Trinajstić information content (AvgIpc) is 4.06. The Morgan fingerprint density at radius 3 is 2.40 bits per heavy atom. The summed E-state index contributed by atoms with van der Waals surface area (Å²) in [6, 6.07) is 15.4. The predicted octanol–water partition coefficient (Wildman–Crippen LogP) is 7.56. The minimum Gasteiger partial charge on any atom is -0.457 e. The van der Waals surface area contributed by atoms with Crippen molar-refractivity contribution in [2.75, 3.05) is 72.7 Å². The number of hydrogen-bond acceptors (Lipinski definition) is 13. The number of rotatable bonds is 25. The average molecular weight is 1090 g/mol. The number of carbonyl (C=O) groups is 3. The van der Waals surface area contributed by atoms with Crippen molar-refractivity contribution >= 4 is 25.4 Å². The molecule has 9 rings (SSSR count). The molecule has 2 aromatic rings. The fourth-order valence-electron chi connectivity index (χ4n) is 15.0. The Kier molecular flexibility index (Phi) is 19.2. The smallest absolute Gasteiger partial charge is 0.457 e. The van der Waals surface area contributed by atoms with Crippen LogP contribution in [0.3, 0.4) is 0 Å². The number of ketones is 2. The SMILES string of the molecule is C[C@]12C=CC(=O)C=C1CCC1C2C(O)C[C@@]2(C)C1C1O[C@@H](C3CCCCC3)O[C@@H]1[C@@H]2C(=O)COC(=O)CN1CC[N+](C)(Cc2cc(C(O)CNCCCCCCOCCCCc3ccccc3)ccc2OP(=O)(O)O)CC1.